The summed E-state index contributed by atoms with van der Waals surface area (Å²) in [5, 5.41) is 12.7. The minimum atomic E-state index is -0.414. The predicted octanol–water partition coefficient (Wildman–Crippen LogP) is 1.49. The lowest BCUT2D eigenvalue weighted by atomic mass is 9.94. The second-order valence-electron chi connectivity index (χ2n) is 6.81. The number of allylic oxidation sites excluding steroid dienone is 2. The Hall–Kier alpha value is -2.97. The molecular formula is C17H19N5O4. The fourth-order valence-corrected chi connectivity index (χ4v) is 3.60. The van der Waals surface area contributed by atoms with Crippen molar-refractivity contribution in [3.63, 3.8) is 0 Å². The van der Waals surface area contributed by atoms with Gasteiger partial charge in [0.15, 0.2) is 11.6 Å². The number of anilines is 1. The number of nitrogens with zero attached hydrogens (tertiary/aromatic N) is 3. The highest BCUT2D eigenvalue weighted by molar-refractivity contribution is 5.91. The Morgan fingerprint density at radius 1 is 1.23 bits per heavy atom. The highest BCUT2D eigenvalue weighted by Gasteiger charge is 2.35. The van der Waals surface area contributed by atoms with E-state index in [1.54, 1.807) is 13.0 Å². The molecule has 1 fully saturated rings. The maximum atomic E-state index is 12.2. The van der Waals surface area contributed by atoms with E-state index in [1.807, 2.05) is 0 Å². The van der Waals surface area contributed by atoms with Crippen molar-refractivity contribution < 1.29 is 18.6 Å². The highest BCUT2D eigenvalue weighted by atomic mass is 16.5. The van der Waals surface area contributed by atoms with Crippen molar-refractivity contribution >= 4 is 17.6 Å². The molecule has 3 atom stereocenters. The van der Waals surface area contributed by atoms with Crippen LogP contribution in [-0.2, 0) is 11.2 Å². The van der Waals surface area contributed by atoms with Gasteiger partial charge in [0.1, 0.15) is 5.76 Å². The molecule has 2 aromatic rings. The van der Waals surface area contributed by atoms with Crippen LogP contribution in [0.4, 0.5) is 5.82 Å². The molecule has 0 radical (unpaired) electrons. The average molecular weight is 357 g/mol. The number of rotatable bonds is 6. The Morgan fingerprint density at radius 3 is 2.81 bits per heavy atom. The van der Waals surface area contributed by atoms with Gasteiger partial charge in [-0.3, -0.25) is 9.59 Å². The Balaban J connectivity index is 1.27. The molecule has 0 saturated heterocycles. The van der Waals surface area contributed by atoms with E-state index in [9.17, 15) is 9.59 Å². The number of fused-ring (bicyclic) bond motifs is 2. The first-order valence-electron chi connectivity index (χ1n) is 8.59. The fraction of sp³-hybridized carbons (Fsp3) is 0.471. The van der Waals surface area contributed by atoms with Gasteiger partial charge >= 0.3 is 11.8 Å². The molecule has 0 unspecified atom stereocenters. The van der Waals surface area contributed by atoms with E-state index in [0.717, 1.165) is 6.42 Å². The van der Waals surface area contributed by atoms with Crippen molar-refractivity contribution in [2.75, 3.05) is 11.9 Å². The molecule has 0 spiro atoms. The van der Waals surface area contributed by atoms with Gasteiger partial charge in [0.25, 0.3) is 0 Å². The van der Waals surface area contributed by atoms with E-state index in [-0.39, 0.29) is 24.0 Å². The summed E-state index contributed by atoms with van der Waals surface area (Å²) < 4.78 is 9.82. The summed E-state index contributed by atoms with van der Waals surface area (Å²) in [4.78, 5) is 28.1. The smallest absolute Gasteiger partial charge is 0.315 e. The molecule has 2 aliphatic carbocycles. The number of carbonyl (C=O) groups excluding carboxylic acids is 2. The third-order valence-electron chi connectivity index (χ3n) is 4.82. The lowest BCUT2D eigenvalue weighted by molar-refractivity contribution is -0.115. The SMILES string of the molecule is Cc1cc(NC(=O)Cc2noc(C(=O)NC[C@@H]3C[C@H]4C=C[C@H]3C4)n2)no1. The van der Waals surface area contributed by atoms with E-state index in [0.29, 0.717) is 35.9 Å². The second kappa shape index (κ2) is 6.74. The van der Waals surface area contributed by atoms with Crippen LogP contribution in [0.15, 0.2) is 27.3 Å². The van der Waals surface area contributed by atoms with E-state index in [1.165, 1.54) is 6.42 Å². The Kier molecular flexibility index (Phi) is 4.27. The number of aromatic nitrogens is 3. The van der Waals surface area contributed by atoms with Gasteiger partial charge in [-0.25, -0.2) is 0 Å². The molecule has 2 aromatic heterocycles. The summed E-state index contributed by atoms with van der Waals surface area (Å²) in [6.45, 7) is 2.31. The van der Waals surface area contributed by atoms with Crippen LogP contribution in [-0.4, -0.2) is 33.7 Å². The predicted molar refractivity (Wildman–Crippen MR) is 89.0 cm³/mol. The minimum absolute atomic E-state index is 0.125. The molecule has 9 nitrogen and oxygen atoms in total. The van der Waals surface area contributed by atoms with Crippen LogP contribution in [0.1, 0.15) is 35.1 Å². The number of hydrogen-bond donors (Lipinski definition) is 2. The number of carbonyl (C=O) groups is 2. The van der Waals surface area contributed by atoms with Gasteiger partial charge in [0, 0.05) is 12.6 Å². The normalized spacial score (nSPS) is 23.3. The third kappa shape index (κ3) is 3.51. The van der Waals surface area contributed by atoms with Gasteiger partial charge in [-0.2, -0.15) is 4.98 Å². The Labute approximate surface area is 149 Å². The molecule has 0 aliphatic heterocycles. The summed E-state index contributed by atoms with van der Waals surface area (Å²) in [6, 6.07) is 1.60. The van der Waals surface area contributed by atoms with E-state index in [4.69, 9.17) is 9.05 Å². The largest absolute Gasteiger partial charge is 0.360 e. The summed E-state index contributed by atoms with van der Waals surface area (Å²) >= 11 is 0. The maximum Gasteiger partial charge on any atom is 0.315 e. The van der Waals surface area contributed by atoms with Crippen LogP contribution in [0.25, 0.3) is 0 Å². The molecule has 26 heavy (non-hydrogen) atoms. The van der Waals surface area contributed by atoms with E-state index in [2.05, 4.69) is 38.1 Å². The van der Waals surface area contributed by atoms with Gasteiger partial charge in [0.05, 0.1) is 6.42 Å². The van der Waals surface area contributed by atoms with Gasteiger partial charge in [-0.15, -0.1) is 0 Å². The zero-order valence-electron chi connectivity index (χ0n) is 14.3. The molecule has 9 heteroatoms. The van der Waals surface area contributed by atoms with Gasteiger partial charge in [-0.1, -0.05) is 22.5 Å². The quantitative estimate of drug-likeness (QED) is 0.751. The standard InChI is InChI=1S/C17H19N5O4/c1-9-4-13(21-25-9)19-15(23)7-14-20-17(26-22-14)16(24)18-8-12-6-10-2-3-11(12)5-10/h2-4,10-12H,5-8H2,1H3,(H,18,24)(H,19,21,23)/t10-,11-,12-/m0/s1. The second-order valence-corrected chi connectivity index (χ2v) is 6.81. The van der Waals surface area contributed by atoms with E-state index >= 15 is 0 Å². The summed E-state index contributed by atoms with van der Waals surface area (Å²) in [5.74, 6) is 1.79. The highest BCUT2D eigenvalue weighted by Crippen LogP contribution is 2.42. The molecule has 0 aromatic carbocycles. The minimum Gasteiger partial charge on any atom is -0.360 e. The summed E-state index contributed by atoms with van der Waals surface area (Å²) in [5.41, 5.74) is 0. The summed E-state index contributed by atoms with van der Waals surface area (Å²) in [7, 11) is 0. The van der Waals surface area contributed by atoms with Crippen molar-refractivity contribution in [2.45, 2.75) is 26.2 Å². The molecule has 2 aliphatic rings. The molecule has 1 saturated carbocycles. The van der Waals surface area contributed by atoms with Crippen LogP contribution in [0.3, 0.4) is 0 Å². The van der Waals surface area contributed by atoms with Crippen molar-refractivity contribution in [2.24, 2.45) is 17.8 Å². The number of aryl methyl sites for hydroxylation is 1. The molecule has 2 amide bonds. The number of hydrogen-bond acceptors (Lipinski definition) is 7. The van der Waals surface area contributed by atoms with Crippen LogP contribution in [0.2, 0.25) is 0 Å². The average Bonchev–Trinajstić information content (AvgIpc) is 3.37. The van der Waals surface area contributed by atoms with Crippen LogP contribution < -0.4 is 10.6 Å². The van der Waals surface area contributed by atoms with Crippen molar-refractivity contribution in [3.8, 4) is 0 Å². The molecule has 2 bridgehead atoms. The molecule has 4 rings (SSSR count). The zero-order chi connectivity index (χ0) is 18.1. The van der Waals surface area contributed by atoms with E-state index < -0.39 is 5.91 Å². The first-order valence-corrected chi connectivity index (χ1v) is 8.59. The molecule has 2 N–H and O–H groups in total. The van der Waals surface area contributed by atoms with Crippen molar-refractivity contribution in [1.29, 1.82) is 0 Å². The van der Waals surface area contributed by atoms with Gasteiger partial charge in [0.2, 0.25) is 5.91 Å². The number of amides is 2. The zero-order valence-corrected chi connectivity index (χ0v) is 14.3. The lowest BCUT2D eigenvalue weighted by Gasteiger charge is -2.17. The topological polar surface area (TPSA) is 123 Å². The first kappa shape index (κ1) is 16.5. The number of nitrogens with one attached hydrogen (secondary N) is 2. The molecule has 2 heterocycles. The van der Waals surface area contributed by atoms with Crippen LogP contribution >= 0.6 is 0 Å². The van der Waals surface area contributed by atoms with Gasteiger partial charge in [-0.05, 0) is 37.5 Å². The molecule has 136 valence electrons. The lowest BCUT2D eigenvalue weighted by Crippen LogP contribution is -2.31. The first-order chi connectivity index (χ1) is 12.6. The Bertz CT molecular complexity index is 855. The third-order valence-corrected chi connectivity index (χ3v) is 4.82. The molecular weight excluding hydrogens is 338 g/mol. The van der Waals surface area contributed by atoms with Crippen LogP contribution in [0.5, 0.6) is 0 Å². The summed E-state index contributed by atoms with van der Waals surface area (Å²) in [6.07, 6.45) is 6.67. The Morgan fingerprint density at radius 2 is 2.12 bits per heavy atom. The fourth-order valence-electron chi connectivity index (χ4n) is 3.60. The van der Waals surface area contributed by atoms with Crippen molar-refractivity contribution in [3.05, 3.63) is 35.7 Å². The monoisotopic (exact) mass is 357 g/mol. The maximum absolute atomic E-state index is 12.2. The van der Waals surface area contributed by atoms with Gasteiger partial charge < -0.3 is 19.7 Å². The van der Waals surface area contributed by atoms with Crippen LogP contribution in [0, 0.1) is 24.7 Å². The van der Waals surface area contributed by atoms with Crippen molar-refractivity contribution in [1.82, 2.24) is 20.6 Å².